The van der Waals surface area contributed by atoms with E-state index in [0.717, 1.165) is 28.0 Å². The second-order valence-electron chi connectivity index (χ2n) is 7.42. The van der Waals surface area contributed by atoms with Crippen molar-refractivity contribution in [2.75, 3.05) is 33.6 Å². The van der Waals surface area contributed by atoms with Gasteiger partial charge in [0.1, 0.15) is 11.5 Å². The van der Waals surface area contributed by atoms with Crippen molar-refractivity contribution in [3.63, 3.8) is 0 Å². The summed E-state index contributed by atoms with van der Waals surface area (Å²) in [5, 5.41) is 2.38. The van der Waals surface area contributed by atoms with E-state index < -0.39 is 0 Å². The molecule has 0 unspecified atom stereocenters. The number of ether oxygens (including phenoxy) is 4. The average Bonchev–Trinajstić information content (AvgIpc) is 3.41. The number of nitrogens with one attached hydrogen (secondary N) is 1. The fourth-order valence-electron chi connectivity index (χ4n) is 3.34. The van der Waals surface area contributed by atoms with Gasteiger partial charge in [-0.05, 0) is 66.2 Å². The first kappa shape index (κ1) is 23.5. The Kier molecular flexibility index (Phi) is 7.58. The van der Waals surface area contributed by atoms with Crippen molar-refractivity contribution in [1.82, 2.24) is 10.2 Å². The quantitative estimate of drug-likeness (QED) is 0.404. The Morgan fingerprint density at radius 2 is 1.88 bits per heavy atom. The van der Waals surface area contributed by atoms with Crippen LogP contribution in [0.1, 0.15) is 18.4 Å². The number of thioether (sulfide) groups is 1. The highest BCUT2D eigenvalue weighted by molar-refractivity contribution is 8.18. The van der Waals surface area contributed by atoms with E-state index in [0.29, 0.717) is 35.2 Å². The van der Waals surface area contributed by atoms with Crippen molar-refractivity contribution < 1.29 is 33.3 Å². The van der Waals surface area contributed by atoms with Crippen LogP contribution in [-0.2, 0) is 9.59 Å². The van der Waals surface area contributed by atoms with Crippen molar-refractivity contribution >= 4 is 34.9 Å². The molecule has 0 bridgehead atoms. The minimum absolute atomic E-state index is 0.108. The minimum Gasteiger partial charge on any atom is -0.497 e. The third-order valence-corrected chi connectivity index (χ3v) is 6.01. The van der Waals surface area contributed by atoms with Gasteiger partial charge in [0.15, 0.2) is 11.5 Å². The number of rotatable bonds is 10. The molecule has 1 saturated heterocycles. The fraction of sp³-hybridized carbons (Fsp3) is 0.292. The van der Waals surface area contributed by atoms with Gasteiger partial charge in [-0.25, -0.2) is 0 Å². The Balaban J connectivity index is 1.18. The molecule has 1 N–H and O–H groups in total. The van der Waals surface area contributed by atoms with Gasteiger partial charge in [0.25, 0.3) is 11.1 Å². The zero-order chi connectivity index (χ0) is 23.9. The Bertz CT molecular complexity index is 1100. The molecule has 1 fully saturated rings. The molecule has 3 amide bonds. The van der Waals surface area contributed by atoms with E-state index >= 15 is 0 Å². The molecule has 2 aromatic rings. The molecule has 2 aliphatic heterocycles. The van der Waals surface area contributed by atoms with Gasteiger partial charge in [-0.1, -0.05) is 6.07 Å². The number of fused-ring (bicyclic) bond motifs is 1. The molecule has 0 aromatic heterocycles. The number of methoxy groups -OCH3 is 1. The molecule has 34 heavy (non-hydrogen) atoms. The highest BCUT2D eigenvalue weighted by atomic mass is 32.2. The molecule has 0 atom stereocenters. The first-order valence-electron chi connectivity index (χ1n) is 10.7. The van der Waals surface area contributed by atoms with E-state index in [4.69, 9.17) is 18.9 Å². The van der Waals surface area contributed by atoms with Crippen LogP contribution in [0.3, 0.4) is 0 Å². The van der Waals surface area contributed by atoms with Crippen LogP contribution in [0.5, 0.6) is 23.0 Å². The van der Waals surface area contributed by atoms with Gasteiger partial charge >= 0.3 is 0 Å². The maximum absolute atomic E-state index is 12.6. The predicted octanol–water partition coefficient (Wildman–Crippen LogP) is 3.44. The third kappa shape index (κ3) is 5.82. The Labute approximate surface area is 201 Å². The molecule has 2 heterocycles. The van der Waals surface area contributed by atoms with Crippen LogP contribution in [-0.4, -0.2) is 55.6 Å². The number of hydrogen-bond donors (Lipinski definition) is 1. The summed E-state index contributed by atoms with van der Waals surface area (Å²) >= 11 is 0.875. The van der Waals surface area contributed by atoms with Crippen molar-refractivity contribution in [3.8, 4) is 23.0 Å². The monoisotopic (exact) mass is 484 g/mol. The highest BCUT2D eigenvalue weighted by Gasteiger charge is 2.34. The number of nitrogens with zero attached hydrogens (tertiary/aromatic N) is 1. The number of hydrogen-bond acceptors (Lipinski definition) is 8. The number of imide groups is 1. The molecule has 9 nitrogen and oxygen atoms in total. The topological polar surface area (TPSA) is 103 Å². The Hall–Kier alpha value is -3.66. The highest BCUT2D eigenvalue weighted by Crippen LogP contribution is 2.36. The smallest absolute Gasteiger partial charge is 0.293 e. The first-order chi connectivity index (χ1) is 16.5. The van der Waals surface area contributed by atoms with E-state index in [1.807, 2.05) is 0 Å². The van der Waals surface area contributed by atoms with Gasteiger partial charge in [-0.2, -0.15) is 0 Å². The fourth-order valence-corrected chi connectivity index (χ4v) is 4.20. The molecule has 178 valence electrons. The predicted molar refractivity (Wildman–Crippen MR) is 126 cm³/mol. The molecule has 0 aliphatic carbocycles. The van der Waals surface area contributed by atoms with Crippen molar-refractivity contribution in [3.05, 3.63) is 52.9 Å². The van der Waals surface area contributed by atoms with Gasteiger partial charge in [0, 0.05) is 19.5 Å². The standard InChI is InChI=1S/C24H24N2O7S/c1-30-17-5-7-18(8-6-17)31-12-2-3-22(27)25-10-11-26-23(28)21(34-24(26)29)14-16-4-9-19-20(13-16)33-15-32-19/h4-9,13-14H,2-3,10-12,15H2,1H3,(H,25,27)/b21-14-. The van der Waals surface area contributed by atoms with E-state index in [1.54, 1.807) is 55.7 Å². The molecule has 2 aromatic carbocycles. The number of benzene rings is 2. The lowest BCUT2D eigenvalue weighted by atomic mass is 10.2. The van der Waals surface area contributed by atoms with Gasteiger partial charge in [0.2, 0.25) is 12.7 Å². The van der Waals surface area contributed by atoms with E-state index in [2.05, 4.69) is 5.32 Å². The lowest BCUT2D eigenvalue weighted by Crippen LogP contribution is -2.37. The maximum atomic E-state index is 12.6. The summed E-state index contributed by atoms with van der Waals surface area (Å²) in [6, 6.07) is 12.5. The summed E-state index contributed by atoms with van der Waals surface area (Å²) < 4.78 is 21.3. The third-order valence-electron chi connectivity index (χ3n) is 5.10. The molecule has 2 aliphatic rings. The van der Waals surface area contributed by atoms with Crippen LogP contribution in [0.2, 0.25) is 0 Å². The average molecular weight is 485 g/mol. The van der Waals surface area contributed by atoms with Gasteiger partial charge in [-0.15, -0.1) is 0 Å². The molecule has 10 heteroatoms. The van der Waals surface area contributed by atoms with Crippen molar-refractivity contribution in [2.24, 2.45) is 0 Å². The minimum atomic E-state index is -0.380. The van der Waals surface area contributed by atoms with Gasteiger partial charge in [-0.3, -0.25) is 19.3 Å². The normalized spacial score (nSPS) is 15.7. The van der Waals surface area contributed by atoms with Crippen LogP contribution in [0.15, 0.2) is 47.4 Å². The molecular formula is C24H24N2O7S. The van der Waals surface area contributed by atoms with Crippen LogP contribution >= 0.6 is 11.8 Å². The maximum Gasteiger partial charge on any atom is 0.293 e. The number of amides is 3. The Morgan fingerprint density at radius 3 is 2.68 bits per heavy atom. The van der Waals surface area contributed by atoms with Gasteiger partial charge < -0.3 is 24.3 Å². The summed E-state index contributed by atoms with van der Waals surface area (Å²) in [7, 11) is 1.60. The second kappa shape index (κ2) is 11.0. The largest absolute Gasteiger partial charge is 0.497 e. The summed E-state index contributed by atoms with van der Waals surface area (Å²) in [5.74, 6) is 2.15. The lowest BCUT2D eigenvalue weighted by Gasteiger charge is -2.13. The first-order valence-corrected chi connectivity index (χ1v) is 11.5. The van der Waals surface area contributed by atoms with Gasteiger partial charge in [0.05, 0.1) is 18.6 Å². The van der Waals surface area contributed by atoms with Crippen molar-refractivity contribution in [2.45, 2.75) is 12.8 Å². The lowest BCUT2D eigenvalue weighted by molar-refractivity contribution is -0.124. The Morgan fingerprint density at radius 1 is 1.12 bits per heavy atom. The van der Waals surface area contributed by atoms with E-state index in [-0.39, 0.29) is 43.4 Å². The molecule has 0 saturated carbocycles. The summed E-state index contributed by atoms with van der Waals surface area (Å²) in [6.07, 6.45) is 2.47. The number of carbonyl (C=O) groups excluding carboxylic acids is 3. The zero-order valence-electron chi connectivity index (χ0n) is 18.6. The molecule has 4 rings (SSSR count). The summed E-state index contributed by atoms with van der Waals surface area (Å²) in [6.45, 7) is 0.856. The van der Waals surface area contributed by atoms with Crippen LogP contribution < -0.4 is 24.3 Å². The SMILES string of the molecule is COc1ccc(OCCCC(=O)NCCN2C(=O)S/C(=C\c3ccc4c(c3)OCO4)C2=O)cc1. The summed E-state index contributed by atoms with van der Waals surface area (Å²) in [4.78, 5) is 38.4. The van der Waals surface area contributed by atoms with Crippen LogP contribution in [0, 0.1) is 0 Å². The number of carbonyl (C=O) groups is 3. The van der Waals surface area contributed by atoms with Crippen molar-refractivity contribution in [1.29, 1.82) is 0 Å². The second-order valence-corrected chi connectivity index (χ2v) is 8.42. The van der Waals surface area contributed by atoms with Crippen LogP contribution in [0.4, 0.5) is 4.79 Å². The van der Waals surface area contributed by atoms with E-state index in [9.17, 15) is 14.4 Å². The summed E-state index contributed by atoms with van der Waals surface area (Å²) in [5.41, 5.74) is 0.736. The zero-order valence-corrected chi connectivity index (χ0v) is 19.4. The molecular weight excluding hydrogens is 460 g/mol. The molecule has 0 radical (unpaired) electrons. The van der Waals surface area contributed by atoms with Crippen LogP contribution in [0.25, 0.3) is 6.08 Å². The molecule has 0 spiro atoms. The van der Waals surface area contributed by atoms with E-state index in [1.165, 1.54) is 0 Å².